The SMILES string of the molecule is CC(C)C[C@H](N)C(=O)O.CC[C@H](C)[C@H](N)C(=O)O.NC(=O)CC[C@H](N)C(=O)O. The van der Waals surface area contributed by atoms with E-state index in [0.29, 0.717) is 12.3 Å². The van der Waals surface area contributed by atoms with Gasteiger partial charge in [-0.25, -0.2) is 0 Å². The van der Waals surface area contributed by atoms with E-state index in [1.54, 1.807) is 0 Å². The molecule has 0 aliphatic carbocycles. The van der Waals surface area contributed by atoms with Crippen LogP contribution in [-0.2, 0) is 19.2 Å². The lowest BCUT2D eigenvalue weighted by atomic mass is 10.0. The smallest absolute Gasteiger partial charge is 0.320 e. The molecule has 1 amide bonds. The average molecular weight is 408 g/mol. The normalized spacial score (nSPS) is 14.3. The van der Waals surface area contributed by atoms with Crippen LogP contribution in [0.5, 0.6) is 0 Å². The number of nitrogens with two attached hydrogens (primary N) is 4. The zero-order valence-electron chi connectivity index (χ0n) is 17.0. The molecule has 0 aromatic rings. The molecule has 4 atom stereocenters. The van der Waals surface area contributed by atoms with Gasteiger partial charge in [0.15, 0.2) is 0 Å². The highest BCUT2D eigenvalue weighted by molar-refractivity contribution is 5.77. The highest BCUT2D eigenvalue weighted by atomic mass is 16.4. The van der Waals surface area contributed by atoms with E-state index in [2.05, 4.69) is 0 Å². The van der Waals surface area contributed by atoms with Crippen molar-refractivity contribution in [3.05, 3.63) is 0 Å². The lowest BCUT2D eigenvalue weighted by Gasteiger charge is -2.11. The first-order chi connectivity index (χ1) is 12.7. The molecule has 0 spiro atoms. The zero-order chi connectivity index (χ0) is 23.0. The van der Waals surface area contributed by atoms with Crippen LogP contribution in [0.3, 0.4) is 0 Å². The summed E-state index contributed by atoms with van der Waals surface area (Å²) < 4.78 is 0. The van der Waals surface area contributed by atoms with E-state index in [0.717, 1.165) is 6.42 Å². The minimum atomic E-state index is -1.11. The first kappa shape index (κ1) is 30.5. The molecule has 0 unspecified atom stereocenters. The summed E-state index contributed by atoms with van der Waals surface area (Å²) in [5.41, 5.74) is 20.3. The number of aliphatic carboxylic acids is 3. The van der Waals surface area contributed by atoms with Crippen LogP contribution in [0.15, 0.2) is 0 Å². The molecule has 11 nitrogen and oxygen atoms in total. The van der Waals surface area contributed by atoms with E-state index in [1.807, 2.05) is 27.7 Å². The van der Waals surface area contributed by atoms with E-state index >= 15 is 0 Å². The molecule has 0 rings (SSSR count). The highest BCUT2D eigenvalue weighted by Gasteiger charge is 2.17. The number of amides is 1. The first-order valence-corrected chi connectivity index (χ1v) is 8.90. The molecule has 0 heterocycles. The Hall–Kier alpha value is -2.24. The van der Waals surface area contributed by atoms with Crippen molar-refractivity contribution >= 4 is 23.8 Å². The van der Waals surface area contributed by atoms with Crippen LogP contribution in [0.1, 0.15) is 53.4 Å². The molecular formula is C17H36N4O7. The molecule has 166 valence electrons. The van der Waals surface area contributed by atoms with Gasteiger partial charge in [0.25, 0.3) is 0 Å². The van der Waals surface area contributed by atoms with Crippen LogP contribution in [0, 0.1) is 11.8 Å². The van der Waals surface area contributed by atoms with Crippen LogP contribution >= 0.6 is 0 Å². The molecule has 11 N–H and O–H groups in total. The number of hydrogen-bond donors (Lipinski definition) is 7. The maximum Gasteiger partial charge on any atom is 0.320 e. The molecule has 0 bridgehead atoms. The number of rotatable bonds is 10. The number of carbonyl (C=O) groups is 4. The second-order valence-electron chi connectivity index (χ2n) is 6.77. The van der Waals surface area contributed by atoms with Crippen LogP contribution in [-0.4, -0.2) is 57.3 Å². The van der Waals surface area contributed by atoms with Crippen LogP contribution < -0.4 is 22.9 Å². The van der Waals surface area contributed by atoms with Crippen molar-refractivity contribution < 1.29 is 34.5 Å². The zero-order valence-corrected chi connectivity index (χ0v) is 17.0. The highest BCUT2D eigenvalue weighted by Crippen LogP contribution is 2.04. The summed E-state index contributed by atoms with van der Waals surface area (Å²) in [5, 5.41) is 24.9. The minimum Gasteiger partial charge on any atom is -0.480 e. The summed E-state index contributed by atoms with van der Waals surface area (Å²) >= 11 is 0. The summed E-state index contributed by atoms with van der Waals surface area (Å²) in [7, 11) is 0. The summed E-state index contributed by atoms with van der Waals surface area (Å²) in [6.45, 7) is 7.65. The van der Waals surface area contributed by atoms with E-state index in [4.69, 9.17) is 38.3 Å². The first-order valence-electron chi connectivity index (χ1n) is 8.90. The number of carbonyl (C=O) groups excluding carboxylic acids is 1. The number of carboxylic acids is 3. The lowest BCUT2D eigenvalue weighted by Crippen LogP contribution is -2.36. The summed E-state index contributed by atoms with van der Waals surface area (Å²) in [6, 6.07) is -2.37. The largest absolute Gasteiger partial charge is 0.480 e. The van der Waals surface area contributed by atoms with Gasteiger partial charge in [-0.15, -0.1) is 0 Å². The predicted molar refractivity (Wildman–Crippen MR) is 104 cm³/mol. The third-order valence-electron chi connectivity index (χ3n) is 3.60. The quantitative estimate of drug-likeness (QED) is 0.246. The van der Waals surface area contributed by atoms with Gasteiger partial charge in [-0.2, -0.15) is 0 Å². The molecule has 0 aliphatic heterocycles. The Bertz CT molecular complexity index is 486. The van der Waals surface area contributed by atoms with Gasteiger partial charge in [0.05, 0.1) is 0 Å². The van der Waals surface area contributed by atoms with Crippen LogP contribution in [0.25, 0.3) is 0 Å². The Morgan fingerprint density at radius 3 is 1.43 bits per heavy atom. The van der Waals surface area contributed by atoms with Crippen molar-refractivity contribution in [2.45, 2.75) is 71.5 Å². The van der Waals surface area contributed by atoms with Gasteiger partial charge in [-0.05, 0) is 24.7 Å². The van der Waals surface area contributed by atoms with Gasteiger partial charge in [-0.1, -0.05) is 34.1 Å². The summed E-state index contributed by atoms with van der Waals surface area (Å²) in [6.07, 6.45) is 1.49. The van der Waals surface area contributed by atoms with Gasteiger partial charge in [-0.3, -0.25) is 19.2 Å². The Kier molecular flexibility index (Phi) is 18.4. The lowest BCUT2D eigenvalue weighted by molar-refractivity contribution is -0.140. The van der Waals surface area contributed by atoms with E-state index in [1.165, 1.54) is 0 Å². The molecule has 0 aliphatic rings. The van der Waals surface area contributed by atoms with Gasteiger partial charge in [0.2, 0.25) is 5.91 Å². The molecule has 0 fully saturated rings. The monoisotopic (exact) mass is 408 g/mol. The minimum absolute atomic E-state index is 0.0213. The van der Waals surface area contributed by atoms with Crippen molar-refractivity contribution in [1.29, 1.82) is 0 Å². The Labute approximate surface area is 165 Å². The second-order valence-corrected chi connectivity index (χ2v) is 6.77. The Morgan fingerprint density at radius 2 is 1.25 bits per heavy atom. The van der Waals surface area contributed by atoms with Crippen molar-refractivity contribution in [3.63, 3.8) is 0 Å². The molecule has 0 saturated heterocycles. The maximum atomic E-state index is 10.2. The van der Waals surface area contributed by atoms with Crippen molar-refractivity contribution in [3.8, 4) is 0 Å². The van der Waals surface area contributed by atoms with Gasteiger partial charge >= 0.3 is 17.9 Å². The fraction of sp³-hybridized carbons (Fsp3) is 0.765. The maximum absolute atomic E-state index is 10.2. The summed E-state index contributed by atoms with van der Waals surface area (Å²) in [5.74, 6) is -3.04. The van der Waals surface area contributed by atoms with Gasteiger partial charge in [0, 0.05) is 6.42 Å². The average Bonchev–Trinajstić information content (AvgIpc) is 2.58. The second kappa shape index (κ2) is 16.9. The fourth-order valence-corrected chi connectivity index (χ4v) is 1.53. The molecule has 0 radical (unpaired) electrons. The number of hydrogen-bond acceptors (Lipinski definition) is 7. The third-order valence-corrected chi connectivity index (χ3v) is 3.60. The third kappa shape index (κ3) is 20.1. The fourth-order valence-electron chi connectivity index (χ4n) is 1.53. The van der Waals surface area contributed by atoms with Gasteiger partial charge < -0.3 is 38.3 Å². The van der Waals surface area contributed by atoms with E-state index in [-0.39, 0.29) is 18.8 Å². The molecule has 0 aromatic heterocycles. The van der Waals surface area contributed by atoms with Gasteiger partial charge in [0.1, 0.15) is 18.1 Å². The van der Waals surface area contributed by atoms with Crippen molar-refractivity contribution in [2.24, 2.45) is 34.8 Å². The van der Waals surface area contributed by atoms with Crippen LogP contribution in [0.4, 0.5) is 0 Å². The summed E-state index contributed by atoms with van der Waals surface area (Å²) in [4.78, 5) is 40.4. The molecule has 11 heteroatoms. The predicted octanol–water partition coefficient (Wildman–Crippen LogP) is -0.447. The Balaban J connectivity index is -0.000000336. The number of carboxylic acid groups (broad SMARTS) is 3. The standard InChI is InChI=1S/2C6H13NO2.C5H10N2O3/c1-4(2)3-5(7)6(8)9;1-3-4(2)5(7)6(8)9;6-3(5(9)10)1-2-4(7)8/h2*4-5H,3,7H2,1-2H3,(H,8,9);3H,1-2,6H2,(H2,7,8)(H,9,10)/t5-;4-,5-;3-/m000/s1. The Morgan fingerprint density at radius 1 is 0.821 bits per heavy atom. The van der Waals surface area contributed by atoms with Crippen molar-refractivity contribution in [1.82, 2.24) is 0 Å². The van der Waals surface area contributed by atoms with Crippen molar-refractivity contribution in [2.75, 3.05) is 0 Å². The molecule has 0 aromatic carbocycles. The molecule has 28 heavy (non-hydrogen) atoms. The topological polar surface area (TPSA) is 233 Å². The molecular weight excluding hydrogens is 372 g/mol. The van der Waals surface area contributed by atoms with E-state index in [9.17, 15) is 19.2 Å². The molecule has 0 saturated carbocycles. The van der Waals surface area contributed by atoms with Crippen LogP contribution in [0.2, 0.25) is 0 Å². The van der Waals surface area contributed by atoms with E-state index < -0.39 is 41.9 Å². The number of primary amides is 1.